The number of amides is 1. The molecule has 100 valence electrons. The molecule has 1 aromatic rings. The second-order valence-corrected chi connectivity index (χ2v) is 5.49. The molecule has 0 spiro atoms. The Morgan fingerprint density at radius 1 is 1.56 bits per heavy atom. The van der Waals surface area contributed by atoms with Crippen molar-refractivity contribution in [3.63, 3.8) is 0 Å². The van der Waals surface area contributed by atoms with Crippen LogP contribution in [0.1, 0.15) is 28.8 Å². The van der Waals surface area contributed by atoms with Gasteiger partial charge in [0.1, 0.15) is 0 Å². The SMILES string of the molecule is Cc1ccc(C(=O)NC(CN)C2CC2)c(Br)c1.Cl. The molecule has 0 saturated heterocycles. The van der Waals surface area contributed by atoms with Crippen molar-refractivity contribution < 1.29 is 4.79 Å². The summed E-state index contributed by atoms with van der Waals surface area (Å²) in [5.41, 5.74) is 7.48. The van der Waals surface area contributed by atoms with E-state index < -0.39 is 0 Å². The minimum Gasteiger partial charge on any atom is -0.348 e. The van der Waals surface area contributed by atoms with E-state index in [-0.39, 0.29) is 24.4 Å². The van der Waals surface area contributed by atoms with E-state index >= 15 is 0 Å². The predicted molar refractivity (Wildman–Crippen MR) is 79.2 cm³/mol. The molecular weight excluding hydrogens is 316 g/mol. The Morgan fingerprint density at radius 2 is 2.22 bits per heavy atom. The van der Waals surface area contributed by atoms with Crippen LogP contribution < -0.4 is 11.1 Å². The maximum atomic E-state index is 12.1. The summed E-state index contributed by atoms with van der Waals surface area (Å²) in [6.45, 7) is 2.51. The number of rotatable bonds is 4. The number of carbonyl (C=O) groups is 1. The first-order chi connectivity index (χ1) is 8.11. The topological polar surface area (TPSA) is 55.1 Å². The third-order valence-electron chi connectivity index (χ3n) is 3.13. The number of halogens is 2. The largest absolute Gasteiger partial charge is 0.348 e. The van der Waals surface area contributed by atoms with E-state index in [1.165, 1.54) is 12.8 Å². The Bertz CT molecular complexity index is 435. The molecule has 5 heteroatoms. The molecule has 3 nitrogen and oxygen atoms in total. The molecule has 1 fully saturated rings. The first kappa shape index (κ1) is 15.5. The van der Waals surface area contributed by atoms with Crippen LogP contribution >= 0.6 is 28.3 Å². The van der Waals surface area contributed by atoms with Gasteiger partial charge in [-0.3, -0.25) is 4.79 Å². The molecule has 2 rings (SSSR count). The van der Waals surface area contributed by atoms with Gasteiger partial charge in [0.2, 0.25) is 0 Å². The van der Waals surface area contributed by atoms with E-state index in [1.54, 1.807) is 0 Å². The average molecular weight is 334 g/mol. The second-order valence-electron chi connectivity index (χ2n) is 4.64. The van der Waals surface area contributed by atoms with Gasteiger partial charge in [-0.15, -0.1) is 12.4 Å². The van der Waals surface area contributed by atoms with Crippen LogP contribution in [-0.4, -0.2) is 18.5 Å². The highest BCUT2D eigenvalue weighted by molar-refractivity contribution is 9.10. The minimum atomic E-state index is -0.0424. The predicted octanol–water partition coefficient (Wildman–Crippen LogP) is 2.65. The molecule has 1 aliphatic rings. The van der Waals surface area contributed by atoms with Crippen molar-refractivity contribution in [2.45, 2.75) is 25.8 Å². The highest BCUT2D eigenvalue weighted by atomic mass is 79.9. The zero-order chi connectivity index (χ0) is 12.4. The highest BCUT2D eigenvalue weighted by Crippen LogP contribution is 2.32. The highest BCUT2D eigenvalue weighted by Gasteiger charge is 2.31. The van der Waals surface area contributed by atoms with Gasteiger partial charge in [-0.05, 0) is 59.3 Å². The summed E-state index contributed by atoms with van der Waals surface area (Å²) in [6.07, 6.45) is 2.36. The Labute approximate surface area is 122 Å². The standard InChI is InChI=1S/C13H17BrN2O.ClH/c1-8-2-5-10(11(14)6-8)13(17)16-12(7-15)9-3-4-9;/h2,5-6,9,12H,3-4,7,15H2,1H3,(H,16,17);1H. The summed E-state index contributed by atoms with van der Waals surface area (Å²) < 4.78 is 0.835. The average Bonchev–Trinajstić information content (AvgIpc) is 3.09. The van der Waals surface area contributed by atoms with Crippen molar-refractivity contribution >= 4 is 34.2 Å². The van der Waals surface area contributed by atoms with Crippen molar-refractivity contribution in [3.05, 3.63) is 33.8 Å². The number of nitrogens with two attached hydrogens (primary N) is 1. The molecule has 3 N–H and O–H groups in total. The lowest BCUT2D eigenvalue weighted by molar-refractivity contribution is 0.0932. The van der Waals surface area contributed by atoms with Crippen LogP contribution in [0.15, 0.2) is 22.7 Å². The quantitative estimate of drug-likeness (QED) is 0.890. The lowest BCUT2D eigenvalue weighted by Crippen LogP contribution is -2.41. The van der Waals surface area contributed by atoms with Crippen LogP contribution in [0.4, 0.5) is 0 Å². The fourth-order valence-electron chi connectivity index (χ4n) is 1.92. The van der Waals surface area contributed by atoms with E-state index in [1.807, 2.05) is 25.1 Å². The van der Waals surface area contributed by atoms with Crippen LogP contribution in [0.5, 0.6) is 0 Å². The normalized spacial score (nSPS) is 15.7. The summed E-state index contributed by atoms with van der Waals surface area (Å²) in [5.74, 6) is 0.535. The number of aryl methyl sites for hydroxylation is 1. The molecule has 1 unspecified atom stereocenters. The van der Waals surface area contributed by atoms with E-state index in [2.05, 4.69) is 21.2 Å². The number of hydrogen-bond donors (Lipinski definition) is 2. The molecule has 0 bridgehead atoms. The fourth-order valence-corrected chi connectivity index (χ4v) is 2.59. The van der Waals surface area contributed by atoms with Gasteiger partial charge in [0.25, 0.3) is 5.91 Å². The zero-order valence-corrected chi connectivity index (χ0v) is 12.7. The summed E-state index contributed by atoms with van der Waals surface area (Å²) in [6, 6.07) is 5.85. The van der Waals surface area contributed by atoms with Crippen molar-refractivity contribution in [2.75, 3.05) is 6.54 Å². The van der Waals surface area contributed by atoms with Crippen molar-refractivity contribution in [2.24, 2.45) is 11.7 Å². The van der Waals surface area contributed by atoms with Gasteiger partial charge in [0.15, 0.2) is 0 Å². The van der Waals surface area contributed by atoms with Crippen LogP contribution in [-0.2, 0) is 0 Å². The van der Waals surface area contributed by atoms with Gasteiger partial charge in [-0.25, -0.2) is 0 Å². The number of hydrogen-bond acceptors (Lipinski definition) is 2. The van der Waals surface area contributed by atoms with E-state index in [0.29, 0.717) is 18.0 Å². The van der Waals surface area contributed by atoms with Gasteiger partial charge in [0.05, 0.1) is 5.56 Å². The number of carbonyl (C=O) groups excluding carboxylic acids is 1. The smallest absolute Gasteiger partial charge is 0.252 e. The van der Waals surface area contributed by atoms with Gasteiger partial charge < -0.3 is 11.1 Å². The van der Waals surface area contributed by atoms with Gasteiger partial charge in [0, 0.05) is 17.1 Å². The van der Waals surface area contributed by atoms with Crippen LogP contribution in [0.25, 0.3) is 0 Å². The molecule has 0 heterocycles. The van der Waals surface area contributed by atoms with Crippen molar-refractivity contribution in [3.8, 4) is 0 Å². The summed E-state index contributed by atoms with van der Waals surface area (Å²) in [4.78, 5) is 12.1. The zero-order valence-electron chi connectivity index (χ0n) is 10.3. The Morgan fingerprint density at radius 3 is 2.72 bits per heavy atom. The van der Waals surface area contributed by atoms with E-state index in [0.717, 1.165) is 10.0 Å². The molecule has 1 atom stereocenters. The minimum absolute atomic E-state index is 0. The van der Waals surface area contributed by atoms with Crippen LogP contribution in [0, 0.1) is 12.8 Å². The van der Waals surface area contributed by atoms with Crippen LogP contribution in [0.3, 0.4) is 0 Å². The van der Waals surface area contributed by atoms with Gasteiger partial charge >= 0.3 is 0 Å². The first-order valence-electron chi connectivity index (χ1n) is 5.89. The molecule has 1 aromatic carbocycles. The third-order valence-corrected chi connectivity index (χ3v) is 3.79. The number of nitrogens with one attached hydrogen (secondary N) is 1. The monoisotopic (exact) mass is 332 g/mol. The maximum absolute atomic E-state index is 12.1. The molecule has 1 aliphatic carbocycles. The number of benzene rings is 1. The third kappa shape index (κ3) is 3.70. The van der Waals surface area contributed by atoms with E-state index in [4.69, 9.17) is 5.73 Å². The van der Waals surface area contributed by atoms with Crippen molar-refractivity contribution in [1.82, 2.24) is 5.32 Å². The molecule has 1 amide bonds. The van der Waals surface area contributed by atoms with Crippen molar-refractivity contribution in [1.29, 1.82) is 0 Å². The second kappa shape index (κ2) is 6.55. The lowest BCUT2D eigenvalue weighted by atomic mass is 10.1. The Kier molecular flexibility index (Phi) is 5.63. The summed E-state index contributed by atoms with van der Waals surface area (Å²) >= 11 is 3.42. The molecular formula is C13H18BrClN2O. The Balaban J connectivity index is 0.00000162. The molecule has 1 saturated carbocycles. The summed E-state index contributed by atoms with van der Waals surface area (Å²) in [5, 5.41) is 3.01. The van der Waals surface area contributed by atoms with E-state index in [9.17, 15) is 4.79 Å². The molecule has 18 heavy (non-hydrogen) atoms. The summed E-state index contributed by atoms with van der Waals surface area (Å²) in [7, 11) is 0. The van der Waals surface area contributed by atoms with Gasteiger partial charge in [-0.2, -0.15) is 0 Å². The van der Waals surface area contributed by atoms with Crippen LogP contribution in [0.2, 0.25) is 0 Å². The fraction of sp³-hybridized carbons (Fsp3) is 0.462. The molecule has 0 aromatic heterocycles. The first-order valence-corrected chi connectivity index (χ1v) is 6.68. The maximum Gasteiger partial charge on any atom is 0.252 e. The van der Waals surface area contributed by atoms with Gasteiger partial charge in [-0.1, -0.05) is 6.07 Å². The molecule has 0 radical (unpaired) electrons. The lowest BCUT2D eigenvalue weighted by Gasteiger charge is -2.16. The molecule has 0 aliphatic heterocycles. The Hall–Kier alpha value is -0.580.